The Hall–Kier alpha value is -3.57. The minimum Gasteiger partial charge on any atom is -0.357 e. The average molecular weight is 582 g/mol. The van der Waals surface area contributed by atoms with Crippen LogP contribution in [0, 0.1) is 6.92 Å². The lowest BCUT2D eigenvalue weighted by molar-refractivity contribution is -0.139. The monoisotopic (exact) mass is 581 g/mol. The van der Waals surface area contributed by atoms with Crippen LogP contribution in [0.25, 0.3) is 0 Å². The molecule has 2 amide bonds. The summed E-state index contributed by atoms with van der Waals surface area (Å²) >= 11 is 6.22. The van der Waals surface area contributed by atoms with E-state index in [4.69, 9.17) is 11.6 Å². The number of hydrogen-bond donors (Lipinski definition) is 1. The van der Waals surface area contributed by atoms with Gasteiger partial charge in [0.1, 0.15) is 12.6 Å². The normalized spacial score (nSPS) is 12.5. The maximum absolute atomic E-state index is 13.8. The van der Waals surface area contributed by atoms with Crippen LogP contribution in [-0.2, 0) is 32.3 Å². The van der Waals surface area contributed by atoms with E-state index in [0.717, 1.165) is 17.7 Å². The molecule has 3 rings (SSSR count). The number of alkyl halides is 3. The standard InChI is InChI=1S/C27H27ClF3N3O4S/c1-18-9-7-8-10-20(18)16-33(19(2)26(36)32-3)25(35)17-34(39(37,38)22-11-5-4-6-12-22)24-15-21(27(29,30)31)13-14-23(24)28/h4-15,19H,16-17H2,1-3H3,(H,32,36). The molecule has 0 aromatic heterocycles. The lowest BCUT2D eigenvalue weighted by Gasteiger charge is -2.32. The molecule has 0 saturated carbocycles. The maximum Gasteiger partial charge on any atom is 0.416 e. The Morgan fingerprint density at radius 2 is 1.62 bits per heavy atom. The van der Waals surface area contributed by atoms with Gasteiger partial charge in [-0.15, -0.1) is 0 Å². The van der Waals surface area contributed by atoms with E-state index in [0.29, 0.717) is 15.9 Å². The van der Waals surface area contributed by atoms with Gasteiger partial charge in [0.15, 0.2) is 0 Å². The van der Waals surface area contributed by atoms with E-state index in [1.807, 2.05) is 13.0 Å². The van der Waals surface area contributed by atoms with Crippen molar-refractivity contribution in [1.29, 1.82) is 0 Å². The number of hydrogen-bond acceptors (Lipinski definition) is 4. The maximum atomic E-state index is 13.8. The third-order valence-electron chi connectivity index (χ3n) is 6.17. The number of nitrogens with one attached hydrogen (secondary N) is 1. The van der Waals surface area contributed by atoms with E-state index in [1.54, 1.807) is 24.3 Å². The first-order valence-electron chi connectivity index (χ1n) is 11.8. The molecule has 1 unspecified atom stereocenters. The fourth-order valence-corrected chi connectivity index (χ4v) is 5.59. The summed E-state index contributed by atoms with van der Waals surface area (Å²) in [5.74, 6) is -1.33. The molecule has 0 fully saturated rings. The highest BCUT2D eigenvalue weighted by Crippen LogP contribution is 2.37. The molecule has 7 nitrogen and oxygen atoms in total. The first-order valence-corrected chi connectivity index (χ1v) is 13.6. The second kappa shape index (κ2) is 12.1. The first-order chi connectivity index (χ1) is 18.3. The number of aryl methyl sites for hydroxylation is 1. The van der Waals surface area contributed by atoms with Gasteiger partial charge in [0.2, 0.25) is 11.8 Å². The number of carbonyl (C=O) groups is 2. The molecule has 3 aromatic rings. The molecule has 0 heterocycles. The molecule has 39 heavy (non-hydrogen) atoms. The molecule has 0 spiro atoms. The van der Waals surface area contributed by atoms with E-state index in [9.17, 15) is 31.2 Å². The van der Waals surface area contributed by atoms with Crippen LogP contribution in [0.3, 0.4) is 0 Å². The summed E-state index contributed by atoms with van der Waals surface area (Å²) in [6.45, 7) is 2.33. The fourth-order valence-electron chi connectivity index (χ4n) is 3.88. The molecule has 0 aliphatic heterocycles. The Bertz CT molecular complexity index is 1450. The number of benzene rings is 3. The molecule has 208 valence electrons. The van der Waals surface area contributed by atoms with Gasteiger partial charge in [0, 0.05) is 13.6 Å². The van der Waals surface area contributed by atoms with Crippen molar-refractivity contribution >= 4 is 39.1 Å². The zero-order chi connectivity index (χ0) is 29.0. The molecule has 0 aliphatic rings. The summed E-state index contributed by atoms with van der Waals surface area (Å²) in [5, 5.41) is 2.16. The summed E-state index contributed by atoms with van der Waals surface area (Å²) in [6.07, 6.45) is -4.80. The highest BCUT2D eigenvalue weighted by atomic mass is 35.5. The molecule has 0 aliphatic carbocycles. The molecule has 12 heteroatoms. The average Bonchev–Trinajstić information content (AvgIpc) is 2.90. The zero-order valence-corrected chi connectivity index (χ0v) is 22.9. The molecular formula is C27H27ClF3N3O4S. The van der Waals surface area contributed by atoms with E-state index in [1.165, 1.54) is 43.1 Å². The van der Waals surface area contributed by atoms with Gasteiger partial charge < -0.3 is 10.2 Å². The van der Waals surface area contributed by atoms with Crippen molar-refractivity contribution in [2.24, 2.45) is 0 Å². The number of carbonyl (C=O) groups excluding carboxylic acids is 2. The summed E-state index contributed by atoms with van der Waals surface area (Å²) in [5.41, 5.74) is -0.129. The van der Waals surface area contributed by atoms with Gasteiger partial charge in [0.25, 0.3) is 10.0 Å². The van der Waals surface area contributed by atoms with E-state index in [-0.39, 0.29) is 16.5 Å². The molecule has 0 bridgehead atoms. The number of likely N-dealkylation sites (N-methyl/N-ethyl adjacent to an activating group) is 1. The molecule has 1 atom stereocenters. The summed E-state index contributed by atoms with van der Waals surface area (Å²) in [7, 11) is -3.17. The van der Waals surface area contributed by atoms with Crippen molar-refractivity contribution in [3.63, 3.8) is 0 Å². The Morgan fingerprint density at radius 1 is 1.00 bits per heavy atom. The summed E-state index contributed by atoms with van der Waals surface area (Å²) < 4.78 is 68.6. The van der Waals surface area contributed by atoms with Gasteiger partial charge in [-0.2, -0.15) is 13.2 Å². The lowest BCUT2D eigenvalue weighted by Crippen LogP contribution is -2.50. The van der Waals surface area contributed by atoms with Crippen LogP contribution in [0.15, 0.2) is 77.7 Å². The van der Waals surface area contributed by atoms with Gasteiger partial charge in [-0.3, -0.25) is 13.9 Å². The van der Waals surface area contributed by atoms with Crippen LogP contribution in [0.5, 0.6) is 0 Å². The number of anilines is 1. The Balaban J connectivity index is 2.14. The Labute approximate surface area is 230 Å². The summed E-state index contributed by atoms with van der Waals surface area (Å²) in [4.78, 5) is 27.2. The highest BCUT2D eigenvalue weighted by molar-refractivity contribution is 7.92. The van der Waals surface area contributed by atoms with Crippen molar-refractivity contribution < 1.29 is 31.2 Å². The van der Waals surface area contributed by atoms with Crippen molar-refractivity contribution in [2.45, 2.75) is 37.5 Å². The number of halogens is 4. The van der Waals surface area contributed by atoms with Crippen molar-refractivity contribution in [1.82, 2.24) is 10.2 Å². The number of sulfonamides is 1. The van der Waals surface area contributed by atoms with E-state index >= 15 is 0 Å². The predicted octanol–water partition coefficient (Wildman–Crippen LogP) is 5.03. The third-order valence-corrected chi connectivity index (χ3v) is 8.26. The van der Waals surface area contributed by atoms with Crippen LogP contribution < -0.4 is 9.62 Å². The second-order valence-corrected chi connectivity index (χ2v) is 11.0. The number of rotatable bonds is 9. The molecule has 0 saturated heterocycles. The smallest absolute Gasteiger partial charge is 0.357 e. The van der Waals surface area contributed by atoms with Gasteiger partial charge in [-0.1, -0.05) is 54.1 Å². The quantitative estimate of drug-likeness (QED) is 0.384. The Morgan fingerprint density at radius 3 is 2.21 bits per heavy atom. The molecule has 1 N–H and O–H groups in total. The van der Waals surface area contributed by atoms with Crippen molar-refractivity contribution in [2.75, 3.05) is 17.9 Å². The van der Waals surface area contributed by atoms with Crippen LogP contribution in [0.4, 0.5) is 18.9 Å². The SMILES string of the molecule is CNC(=O)C(C)N(Cc1ccccc1C)C(=O)CN(c1cc(C(F)(F)F)ccc1Cl)S(=O)(=O)c1ccccc1. The van der Waals surface area contributed by atoms with Crippen LogP contribution in [0.1, 0.15) is 23.6 Å². The van der Waals surface area contributed by atoms with Gasteiger partial charge in [-0.25, -0.2) is 8.42 Å². The van der Waals surface area contributed by atoms with Crippen molar-refractivity contribution in [3.05, 3.63) is 94.5 Å². The molecule has 0 radical (unpaired) electrons. The van der Waals surface area contributed by atoms with Gasteiger partial charge in [0.05, 0.1) is 21.2 Å². The first kappa shape index (κ1) is 30.0. The van der Waals surface area contributed by atoms with E-state index < -0.39 is 51.9 Å². The molecular weight excluding hydrogens is 555 g/mol. The lowest BCUT2D eigenvalue weighted by atomic mass is 10.1. The number of amides is 2. The predicted molar refractivity (Wildman–Crippen MR) is 143 cm³/mol. The van der Waals surface area contributed by atoms with E-state index in [2.05, 4.69) is 5.32 Å². The van der Waals surface area contributed by atoms with Gasteiger partial charge in [-0.05, 0) is 55.3 Å². The van der Waals surface area contributed by atoms with Crippen molar-refractivity contribution in [3.8, 4) is 0 Å². The minimum absolute atomic E-state index is 0.0460. The zero-order valence-electron chi connectivity index (χ0n) is 21.4. The van der Waals surface area contributed by atoms with Gasteiger partial charge >= 0.3 is 6.18 Å². The minimum atomic E-state index is -4.80. The number of nitrogens with zero attached hydrogens (tertiary/aromatic N) is 2. The van der Waals surface area contributed by atoms with Crippen LogP contribution in [-0.4, -0.2) is 44.8 Å². The van der Waals surface area contributed by atoms with Crippen LogP contribution >= 0.6 is 11.6 Å². The topological polar surface area (TPSA) is 86.8 Å². The molecule has 3 aromatic carbocycles. The second-order valence-electron chi connectivity index (χ2n) is 8.73. The van der Waals surface area contributed by atoms with Crippen LogP contribution in [0.2, 0.25) is 5.02 Å². The summed E-state index contributed by atoms with van der Waals surface area (Å²) in [6, 6.07) is 15.3. The fraction of sp³-hybridized carbons (Fsp3) is 0.259. The third kappa shape index (κ3) is 6.90. The largest absolute Gasteiger partial charge is 0.416 e. The Kier molecular flexibility index (Phi) is 9.29. The highest BCUT2D eigenvalue weighted by Gasteiger charge is 2.36.